The lowest BCUT2D eigenvalue weighted by Gasteiger charge is -2.30. The van der Waals surface area contributed by atoms with E-state index in [-0.39, 0.29) is 62.7 Å². The smallest absolute Gasteiger partial charge is 0.343 e. The van der Waals surface area contributed by atoms with Gasteiger partial charge in [0, 0.05) is 36.7 Å². The van der Waals surface area contributed by atoms with E-state index in [1.54, 1.807) is 0 Å². The number of unbranched alkanes of at least 4 members (excludes halogenated alkanes) is 2. The van der Waals surface area contributed by atoms with Gasteiger partial charge < -0.3 is 14.9 Å². The molecule has 9 nitrogen and oxygen atoms in total. The van der Waals surface area contributed by atoms with E-state index in [0.29, 0.717) is 31.6 Å². The summed E-state index contributed by atoms with van der Waals surface area (Å²) in [5, 5.41) is 0.411. The van der Waals surface area contributed by atoms with Crippen molar-refractivity contribution >= 4 is 33.5 Å². The van der Waals surface area contributed by atoms with Gasteiger partial charge in [-0.3, -0.25) is 9.88 Å². The number of hydrazine groups is 1. The fourth-order valence-electron chi connectivity index (χ4n) is 7.28. The molecule has 280 valence electrons. The van der Waals surface area contributed by atoms with Crippen LogP contribution in [0.2, 0.25) is 0 Å². The highest BCUT2D eigenvalue weighted by Crippen LogP contribution is 2.41. The SMILES string of the molecule is C#Cc1c(F)ccc2cc(OC(=O)c3cc(F)c(F)c(F)c3)cc(-c3ncc4c(NNCCCCC)nc(OC[C@@]56CCCN5C[C@H](F)C6)nc4c3F)c12. The van der Waals surface area contributed by atoms with Crippen LogP contribution in [-0.2, 0) is 0 Å². The maximum absolute atomic E-state index is 17.0. The first kappa shape index (κ1) is 36.9. The van der Waals surface area contributed by atoms with Crippen molar-refractivity contribution in [1.82, 2.24) is 25.3 Å². The summed E-state index contributed by atoms with van der Waals surface area (Å²) in [6, 6.07) is 5.61. The van der Waals surface area contributed by atoms with Crippen LogP contribution in [0, 0.1) is 41.4 Å². The molecule has 2 fully saturated rings. The van der Waals surface area contributed by atoms with Crippen molar-refractivity contribution < 1.29 is 40.6 Å². The van der Waals surface area contributed by atoms with E-state index in [0.717, 1.165) is 44.7 Å². The van der Waals surface area contributed by atoms with E-state index in [9.17, 15) is 22.4 Å². The van der Waals surface area contributed by atoms with Gasteiger partial charge in [0.25, 0.3) is 0 Å². The van der Waals surface area contributed by atoms with Crippen molar-refractivity contribution in [2.75, 3.05) is 31.7 Å². The maximum Gasteiger partial charge on any atom is 0.343 e. The van der Waals surface area contributed by atoms with Gasteiger partial charge in [-0.05, 0) is 61.5 Å². The summed E-state index contributed by atoms with van der Waals surface area (Å²) in [5.41, 5.74) is 3.95. The monoisotopic (exact) mass is 748 g/mol. The summed E-state index contributed by atoms with van der Waals surface area (Å²) in [4.78, 5) is 28.3. The van der Waals surface area contributed by atoms with Crippen LogP contribution in [0.25, 0.3) is 32.9 Å². The first-order chi connectivity index (χ1) is 26.0. The molecule has 54 heavy (non-hydrogen) atoms. The average Bonchev–Trinajstić information content (AvgIpc) is 3.68. The number of fused-ring (bicyclic) bond motifs is 3. The van der Waals surface area contributed by atoms with Gasteiger partial charge in [-0.2, -0.15) is 9.97 Å². The molecule has 2 saturated heterocycles. The first-order valence-electron chi connectivity index (χ1n) is 17.5. The average molecular weight is 749 g/mol. The zero-order valence-electron chi connectivity index (χ0n) is 29.0. The number of pyridine rings is 1. The maximum atomic E-state index is 17.0. The largest absolute Gasteiger partial charge is 0.461 e. The van der Waals surface area contributed by atoms with Gasteiger partial charge in [-0.25, -0.2) is 36.6 Å². The third-order valence-corrected chi connectivity index (χ3v) is 9.88. The highest BCUT2D eigenvalue weighted by Gasteiger charge is 2.49. The molecule has 0 unspecified atom stereocenters. The van der Waals surface area contributed by atoms with Crippen LogP contribution in [0.4, 0.5) is 32.2 Å². The Bertz CT molecular complexity index is 2300. The number of carbonyl (C=O) groups is 1. The van der Waals surface area contributed by atoms with E-state index in [4.69, 9.17) is 15.9 Å². The molecule has 2 atom stereocenters. The second-order valence-electron chi connectivity index (χ2n) is 13.4. The quantitative estimate of drug-likeness (QED) is 0.0252. The van der Waals surface area contributed by atoms with Crippen molar-refractivity contribution in [3.05, 3.63) is 82.8 Å². The topological polar surface area (TPSA) is 102 Å². The minimum atomic E-state index is -1.77. The van der Waals surface area contributed by atoms with Gasteiger partial charge in [0.2, 0.25) is 0 Å². The van der Waals surface area contributed by atoms with E-state index in [2.05, 4.69) is 43.5 Å². The molecule has 0 amide bonds. The summed E-state index contributed by atoms with van der Waals surface area (Å²) in [7, 11) is 0. The van der Waals surface area contributed by atoms with E-state index < -0.39 is 52.3 Å². The van der Waals surface area contributed by atoms with E-state index in [1.165, 1.54) is 24.4 Å². The van der Waals surface area contributed by atoms with Crippen molar-refractivity contribution in [1.29, 1.82) is 0 Å². The summed E-state index contributed by atoms with van der Waals surface area (Å²) >= 11 is 0. The fraction of sp³-hybridized carbons (Fsp3) is 0.333. The Balaban J connectivity index is 1.33. The standard InChI is InChI=1S/C39H34F6N6O3/c1-3-5-6-11-47-50-36-27-18-46-34(33(45)35(27)48-38(49-36)53-20-39-10-7-12-51(39)19-23(40)17-39)26-16-24(13-21-8-9-28(41)25(4-2)31(21)26)54-37(52)22-14-29(42)32(44)30(43)15-22/h2,8-9,13-16,18,23,47H,3,5-7,10-12,17,19-20H2,1H3,(H,48,49,50)/t23-,39+/m1/s1. The molecule has 2 aliphatic rings. The van der Waals surface area contributed by atoms with Crippen LogP contribution in [-0.4, -0.2) is 63.8 Å². The number of aromatic nitrogens is 3. The predicted octanol–water partition coefficient (Wildman–Crippen LogP) is 7.80. The predicted molar refractivity (Wildman–Crippen MR) is 189 cm³/mol. The number of benzene rings is 3. The Morgan fingerprint density at radius 3 is 2.61 bits per heavy atom. The summed E-state index contributed by atoms with van der Waals surface area (Å²) in [5.74, 6) is -5.84. The summed E-state index contributed by atoms with van der Waals surface area (Å²) < 4.78 is 99.5. The number of alkyl halides is 1. The highest BCUT2D eigenvalue weighted by atomic mass is 19.2. The summed E-state index contributed by atoms with van der Waals surface area (Å²) in [6.07, 6.45) is 10.7. The lowest BCUT2D eigenvalue weighted by atomic mass is 9.95. The number of hydrogen-bond acceptors (Lipinski definition) is 9. The van der Waals surface area contributed by atoms with Crippen molar-refractivity contribution in [2.24, 2.45) is 0 Å². The Kier molecular flexibility index (Phi) is 10.3. The number of hydrogen-bond donors (Lipinski definition) is 2. The zero-order chi connectivity index (χ0) is 38.1. The molecule has 4 heterocycles. The Morgan fingerprint density at radius 1 is 1.06 bits per heavy atom. The molecule has 3 aromatic carbocycles. The molecule has 0 bridgehead atoms. The molecular formula is C39H34F6N6O3. The third-order valence-electron chi connectivity index (χ3n) is 9.88. The van der Waals surface area contributed by atoms with Gasteiger partial charge in [-0.15, -0.1) is 6.42 Å². The van der Waals surface area contributed by atoms with Gasteiger partial charge in [0.15, 0.2) is 29.1 Å². The number of rotatable bonds is 12. The second-order valence-corrected chi connectivity index (χ2v) is 13.4. The normalized spacial score (nSPS) is 18.2. The van der Waals surface area contributed by atoms with Gasteiger partial charge in [-0.1, -0.05) is 31.8 Å². The Hall–Kier alpha value is -5.46. The molecule has 2 aromatic heterocycles. The lowest BCUT2D eigenvalue weighted by Crippen LogP contribution is -2.43. The number of ether oxygens (including phenoxy) is 2. The molecule has 0 spiro atoms. The molecular weight excluding hydrogens is 714 g/mol. The molecule has 2 aliphatic heterocycles. The van der Waals surface area contributed by atoms with Crippen molar-refractivity contribution in [3.63, 3.8) is 0 Å². The number of nitrogens with one attached hydrogen (secondary N) is 2. The molecule has 0 aliphatic carbocycles. The minimum Gasteiger partial charge on any atom is -0.461 e. The molecule has 5 aromatic rings. The van der Waals surface area contributed by atoms with E-state index in [1.807, 2.05) is 0 Å². The lowest BCUT2D eigenvalue weighted by molar-refractivity contribution is 0.0733. The van der Waals surface area contributed by atoms with Crippen LogP contribution < -0.4 is 20.3 Å². The van der Waals surface area contributed by atoms with Crippen LogP contribution in [0.1, 0.15) is 61.4 Å². The van der Waals surface area contributed by atoms with Gasteiger partial charge in [0.1, 0.15) is 35.6 Å². The molecule has 2 N–H and O–H groups in total. The first-order valence-corrected chi connectivity index (χ1v) is 17.5. The van der Waals surface area contributed by atoms with Crippen LogP contribution in [0.15, 0.2) is 42.6 Å². The molecule has 7 rings (SSSR count). The van der Waals surface area contributed by atoms with Crippen molar-refractivity contribution in [3.8, 4) is 35.4 Å². The van der Waals surface area contributed by atoms with Gasteiger partial charge >= 0.3 is 12.0 Å². The van der Waals surface area contributed by atoms with E-state index >= 15 is 8.78 Å². The Labute approximate surface area is 306 Å². The Morgan fingerprint density at radius 2 is 1.85 bits per heavy atom. The second kappa shape index (κ2) is 15.1. The zero-order valence-corrected chi connectivity index (χ0v) is 29.0. The number of carbonyl (C=O) groups excluding carboxylic acids is 1. The van der Waals surface area contributed by atoms with Crippen molar-refractivity contribution in [2.45, 2.75) is 57.2 Å². The number of terminal acetylenes is 1. The minimum absolute atomic E-state index is 0.0471. The number of anilines is 1. The third kappa shape index (κ3) is 6.99. The van der Waals surface area contributed by atoms with Crippen LogP contribution in [0.5, 0.6) is 11.8 Å². The van der Waals surface area contributed by atoms with Gasteiger partial charge in [0.05, 0.1) is 22.1 Å². The fourth-order valence-corrected chi connectivity index (χ4v) is 7.28. The molecule has 0 saturated carbocycles. The van der Waals surface area contributed by atoms with Crippen LogP contribution in [0.3, 0.4) is 0 Å². The molecule has 0 radical (unpaired) electrons. The number of nitrogens with zero attached hydrogens (tertiary/aromatic N) is 4. The van der Waals surface area contributed by atoms with Crippen LogP contribution >= 0.6 is 0 Å². The number of esters is 1. The number of halogens is 6. The molecule has 15 heteroatoms. The highest BCUT2D eigenvalue weighted by molar-refractivity contribution is 6.03. The summed E-state index contributed by atoms with van der Waals surface area (Å²) in [6.45, 7) is 3.75.